The maximum atomic E-state index is 12.5. The molecular formula is C16H26N4O8. The molecule has 158 valence electrons. The van der Waals surface area contributed by atoms with E-state index in [1.807, 2.05) is 5.32 Å². The molecule has 12 nitrogen and oxygen atoms in total. The van der Waals surface area contributed by atoms with Crippen LogP contribution in [0.15, 0.2) is 0 Å². The first-order chi connectivity index (χ1) is 13.1. The molecule has 3 amide bonds. The number of carbonyl (C=O) groups is 5. The summed E-state index contributed by atoms with van der Waals surface area (Å²) in [6.07, 6.45) is -0.612. The standard InChI is InChI=1S/C16H26N4O8/c1-8(21)13(16(28)18-7-12(24)25)20-15(27)10(4-5-11(22)23)19-14(26)9-3-2-6-17-9/h8-10,13,17,21H,2-7H2,1H3,(H,18,28)(H,19,26)(H,20,27)(H,22,23)(H,24,25). The number of carboxylic acids is 2. The highest BCUT2D eigenvalue weighted by Gasteiger charge is 2.32. The van der Waals surface area contributed by atoms with Gasteiger partial charge in [0.15, 0.2) is 0 Å². The summed E-state index contributed by atoms with van der Waals surface area (Å²) in [4.78, 5) is 58.2. The first kappa shape index (κ1) is 23.3. The fraction of sp³-hybridized carbons (Fsp3) is 0.688. The number of nitrogens with one attached hydrogen (secondary N) is 4. The number of amides is 3. The molecule has 4 unspecified atom stereocenters. The summed E-state index contributed by atoms with van der Waals surface area (Å²) in [5.74, 6) is -4.72. The van der Waals surface area contributed by atoms with Crippen LogP contribution >= 0.6 is 0 Å². The molecule has 1 aliphatic heterocycles. The lowest BCUT2D eigenvalue weighted by atomic mass is 10.1. The van der Waals surface area contributed by atoms with Crippen molar-refractivity contribution in [2.75, 3.05) is 13.1 Å². The van der Waals surface area contributed by atoms with Crippen LogP contribution in [0.5, 0.6) is 0 Å². The first-order valence-electron chi connectivity index (χ1n) is 8.85. The van der Waals surface area contributed by atoms with Gasteiger partial charge in [0.25, 0.3) is 0 Å². The van der Waals surface area contributed by atoms with Gasteiger partial charge in [-0.15, -0.1) is 0 Å². The van der Waals surface area contributed by atoms with Crippen LogP contribution in [0.4, 0.5) is 0 Å². The van der Waals surface area contributed by atoms with E-state index in [4.69, 9.17) is 10.2 Å². The summed E-state index contributed by atoms with van der Waals surface area (Å²) in [5, 5.41) is 36.9. The van der Waals surface area contributed by atoms with Crippen LogP contribution in [0.2, 0.25) is 0 Å². The van der Waals surface area contributed by atoms with Gasteiger partial charge in [0.05, 0.1) is 12.1 Å². The molecule has 12 heteroatoms. The summed E-state index contributed by atoms with van der Waals surface area (Å²) in [5.41, 5.74) is 0. The summed E-state index contributed by atoms with van der Waals surface area (Å²) in [6, 6.07) is -3.20. The molecule has 7 N–H and O–H groups in total. The fourth-order valence-corrected chi connectivity index (χ4v) is 2.65. The van der Waals surface area contributed by atoms with E-state index in [-0.39, 0.29) is 6.42 Å². The zero-order chi connectivity index (χ0) is 21.3. The molecule has 28 heavy (non-hydrogen) atoms. The molecule has 1 aliphatic rings. The maximum absolute atomic E-state index is 12.5. The number of carboxylic acid groups (broad SMARTS) is 2. The molecule has 0 bridgehead atoms. The van der Waals surface area contributed by atoms with Crippen molar-refractivity contribution >= 4 is 29.7 Å². The molecule has 0 aromatic rings. The third-order valence-corrected chi connectivity index (χ3v) is 4.13. The molecular weight excluding hydrogens is 376 g/mol. The summed E-state index contributed by atoms with van der Waals surface area (Å²) >= 11 is 0. The number of aliphatic hydroxyl groups excluding tert-OH is 1. The van der Waals surface area contributed by atoms with E-state index in [2.05, 4.69) is 16.0 Å². The summed E-state index contributed by atoms with van der Waals surface area (Å²) in [6.45, 7) is 1.17. The van der Waals surface area contributed by atoms with Crippen LogP contribution in [0.3, 0.4) is 0 Å². The largest absolute Gasteiger partial charge is 0.481 e. The van der Waals surface area contributed by atoms with Crippen molar-refractivity contribution in [3.8, 4) is 0 Å². The minimum Gasteiger partial charge on any atom is -0.481 e. The van der Waals surface area contributed by atoms with Crippen molar-refractivity contribution < 1.29 is 39.3 Å². The van der Waals surface area contributed by atoms with Crippen molar-refractivity contribution in [1.82, 2.24) is 21.3 Å². The number of rotatable bonds is 11. The van der Waals surface area contributed by atoms with Gasteiger partial charge >= 0.3 is 11.9 Å². The van der Waals surface area contributed by atoms with Gasteiger partial charge in [-0.05, 0) is 32.7 Å². The molecule has 0 saturated carbocycles. The second-order valence-corrected chi connectivity index (χ2v) is 6.48. The summed E-state index contributed by atoms with van der Waals surface area (Å²) < 4.78 is 0. The van der Waals surface area contributed by atoms with Gasteiger partial charge in [-0.3, -0.25) is 24.0 Å². The monoisotopic (exact) mass is 402 g/mol. The Bertz CT molecular complexity index is 603. The number of hydrogen-bond acceptors (Lipinski definition) is 7. The molecule has 0 radical (unpaired) electrons. The molecule has 1 saturated heterocycles. The van der Waals surface area contributed by atoms with Gasteiger partial charge in [0.2, 0.25) is 17.7 Å². The average Bonchev–Trinajstić information content (AvgIpc) is 3.15. The van der Waals surface area contributed by atoms with E-state index in [9.17, 15) is 29.1 Å². The first-order valence-corrected chi connectivity index (χ1v) is 8.85. The quantitative estimate of drug-likeness (QED) is 0.190. The van der Waals surface area contributed by atoms with E-state index >= 15 is 0 Å². The highest BCUT2D eigenvalue weighted by molar-refractivity contribution is 5.94. The number of aliphatic carboxylic acids is 2. The van der Waals surface area contributed by atoms with E-state index in [1.54, 1.807) is 0 Å². The Labute approximate surface area is 161 Å². The molecule has 0 aromatic heterocycles. The highest BCUT2D eigenvalue weighted by atomic mass is 16.4. The van der Waals surface area contributed by atoms with E-state index < -0.39 is 66.9 Å². The fourth-order valence-electron chi connectivity index (χ4n) is 2.65. The topological polar surface area (TPSA) is 194 Å². The smallest absolute Gasteiger partial charge is 0.322 e. The third-order valence-electron chi connectivity index (χ3n) is 4.13. The Morgan fingerprint density at radius 1 is 1.07 bits per heavy atom. The zero-order valence-electron chi connectivity index (χ0n) is 15.4. The minimum absolute atomic E-state index is 0.219. The van der Waals surface area contributed by atoms with Gasteiger partial charge in [-0.25, -0.2) is 0 Å². The normalized spacial score (nSPS) is 19.1. The number of hydrogen-bond donors (Lipinski definition) is 7. The van der Waals surface area contributed by atoms with Crippen molar-refractivity contribution in [1.29, 1.82) is 0 Å². The highest BCUT2D eigenvalue weighted by Crippen LogP contribution is 2.07. The van der Waals surface area contributed by atoms with Crippen molar-refractivity contribution in [3.63, 3.8) is 0 Å². The lowest BCUT2D eigenvalue weighted by Gasteiger charge is -2.25. The van der Waals surface area contributed by atoms with Crippen molar-refractivity contribution in [2.24, 2.45) is 0 Å². The van der Waals surface area contributed by atoms with Crippen molar-refractivity contribution in [2.45, 2.75) is 56.8 Å². The SMILES string of the molecule is CC(O)C(NC(=O)C(CCC(=O)O)NC(=O)C1CCCN1)C(=O)NCC(=O)O. The zero-order valence-corrected chi connectivity index (χ0v) is 15.4. The van der Waals surface area contributed by atoms with Crippen LogP contribution < -0.4 is 21.3 Å². The lowest BCUT2D eigenvalue weighted by Crippen LogP contribution is -2.58. The van der Waals surface area contributed by atoms with Crippen molar-refractivity contribution in [3.05, 3.63) is 0 Å². The minimum atomic E-state index is -1.47. The van der Waals surface area contributed by atoms with E-state index in [0.29, 0.717) is 13.0 Å². The van der Waals surface area contributed by atoms with Crippen LogP contribution in [0.1, 0.15) is 32.6 Å². The van der Waals surface area contributed by atoms with Crippen LogP contribution in [0.25, 0.3) is 0 Å². The van der Waals surface area contributed by atoms with Crippen LogP contribution in [0, 0.1) is 0 Å². The number of aliphatic hydroxyl groups is 1. The lowest BCUT2D eigenvalue weighted by molar-refractivity contribution is -0.139. The van der Waals surface area contributed by atoms with Gasteiger partial charge < -0.3 is 36.6 Å². The Morgan fingerprint density at radius 3 is 2.25 bits per heavy atom. The number of carbonyl (C=O) groups excluding carboxylic acids is 3. The Morgan fingerprint density at radius 2 is 1.75 bits per heavy atom. The third kappa shape index (κ3) is 7.88. The predicted octanol–water partition coefficient (Wildman–Crippen LogP) is -2.85. The van der Waals surface area contributed by atoms with E-state index in [1.165, 1.54) is 6.92 Å². The van der Waals surface area contributed by atoms with E-state index in [0.717, 1.165) is 6.42 Å². The molecule has 0 aliphatic carbocycles. The average molecular weight is 402 g/mol. The predicted molar refractivity (Wildman–Crippen MR) is 94.1 cm³/mol. The Kier molecular flexibility index (Phi) is 9.32. The van der Waals surface area contributed by atoms with Crippen LogP contribution in [-0.2, 0) is 24.0 Å². The molecule has 4 atom stereocenters. The van der Waals surface area contributed by atoms with Gasteiger partial charge in [0.1, 0.15) is 18.6 Å². The molecule has 1 fully saturated rings. The van der Waals surface area contributed by atoms with Crippen LogP contribution in [-0.4, -0.2) is 82.3 Å². The Hall–Kier alpha value is -2.73. The molecule has 1 heterocycles. The summed E-state index contributed by atoms with van der Waals surface area (Å²) in [7, 11) is 0. The van der Waals surface area contributed by atoms with Gasteiger partial charge in [0, 0.05) is 6.42 Å². The second-order valence-electron chi connectivity index (χ2n) is 6.48. The molecule has 1 rings (SSSR count). The Balaban J connectivity index is 2.80. The maximum Gasteiger partial charge on any atom is 0.322 e. The second kappa shape index (κ2) is 11.2. The van der Waals surface area contributed by atoms with Gasteiger partial charge in [-0.2, -0.15) is 0 Å². The van der Waals surface area contributed by atoms with Gasteiger partial charge in [-0.1, -0.05) is 0 Å². The molecule has 0 spiro atoms. The molecule has 0 aromatic carbocycles.